The third-order valence-electron chi connectivity index (χ3n) is 6.87. The maximum absolute atomic E-state index is 12.9. The summed E-state index contributed by atoms with van der Waals surface area (Å²) in [4.78, 5) is 38.2. The van der Waals surface area contributed by atoms with Crippen LogP contribution in [0, 0.1) is 11.8 Å². The summed E-state index contributed by atoms with van der Waals surface area (Å²) < 4.78 is 0. The summed E-state index contributed by atoms with van der Waals surface area (Å²) in [5.74, 6) is 0.751. The largest absolute Gasteiger partial charge is 0.322 e. The average Bonchev–Trinajstić information content (AvgIpc) is 3.16. The molecular weight excluding hydrogens is 356 g/mol. The van der Waals surface area contributed by atoms with Crippen LogP contribution in [0.3, 0.4) is 0 Å². The SMILES string of the molecule is O=C1CCC(N2Cc3c(CN[C@@H]4C[C@H]5CNC[C@@H]4C5)cccc3C2=O)C(=O)N1. The number of imide groups is 1. The van der Waals surface area contributed by atoms with Gasteiger partial charge >= 0.3 is 0 Å². The van der Waals surface area contributed by atoms with Crippen molar-refractivity contribution in [1.82, 2.24) is 20.9 Å². The lowest BCUT2D eigenvalue weighted by Crippen LogP contribution is -2.52. The number of hydrogen-bond donors (Lipinski definition) is 3. The fraction of sp³-hybridized carbons (Fsp3) is 0.571. The van der Waals surface area contributed by atoms with Gasteiger partial charge in [0.1, 0.15) is 6.04 Å². The van der Waals surface area contributed by atoms with E-state index in [-0.39, 0.29) is 24.1 Å². The first kappa shape index (κ1) is 17.8. The van der Waals surface area contributed by atoms with Crippen LogP contribution in [-0.2, 0) is 22.7 Å². The predicted octanol–water partition coefficient (Wildman–Crippen LogP) is 0.535. The molecule has 28 heavy (non-hydrogen) atoms. The zero-order chi connectivity index (χ0) is 19.3. The van der Waals surface area contributed by atoms with Gasteiger partial charge in [0, 0.05) is 31.1 Å². The van der Waals surface area contributed by atoms with Crippen LogP contribution in [0.4, 0.5) is 0 Å². The second-order valence-electron chi connectivity index (χ2n) is 8.59. The number of nitrogens with zero attached hydrogens (tertiary/aromatic N) is 1. The summed E-state index contributed by atoms with van der Waals surface area (Å²) >= 11 is 0. The molecule has 5 rings (SSSR count). The van der Waals surface area contributed by atoms with Gasteiger partial charge in [0.15, 0.2) is 0 Å². The standard InChI is InChI=1S/C21H26N4O3/c26-19-5-4-18(20(27)24-19)25-11-16-13(2-1-3-15(16)21(25)28)10-23-17-7-12-6-14(17)9-22-8-12/h1-3,12,14,17-18,22-23H,4-11H2,(H,24,26,27)/t12-,14-,17+,18?/m0/s1. The van der Waals surface area contributed by atoms with Crippen molar-refractivity contribution in [2.45, 2.75) is 50.9 Å². The minimum Gasteiger partial charge on any atom is -0.322 e. The second-order valence-corrected chi connectivity index (χ2v) is 8.59. The Hall–Kier alpha value is -2.25. The molecule has 1 aliphatic carbocycles. The van der Waals surface area contributed by atoms with Crippen molar-refractivity contribution in [2.75, 3.05) is 13.1 Å². The zero-order valence-electron chi connectivity index (χ0n) is 15.9. The fourth-order valence-electron chi connectivity index (χ4n) is 5.41. The van der Waals surface area contributed by atoms with E-state index >= 15 is 0 Å². The first-order valence-corrected chi connectivity index (χ1v) is 10.3. The Bertz CT molecular complexity index is 839. The average molecular weight is 382 g/mol. The van der Waals surface area contributed by atoms with Crippen molar-refractivity contribution in [3.63, 3.8) is 0 Å². The molecule has 3 aliphatic heterocycles. The molecule has 3 amide bonds. The predicted molar refractivity (Wildman–Crippen MR) is 102 cm³/mol. The van der Waals surface area contributed by atoms with Crippen LogP contribution in [0.15, 0.2) is 18.2 Å². The molecule has 7 heteroatoms. The van der Waals surface area contributed by atoms with Gasteiger partial charge in [0.25, 0.3) is 5.91 Å². The smallest absolute Gasteiger partial charge is 0.255 e. The molecule has 0 spiro atoms. The number of hydrogen-bond acceptors (Lipinski definition) is 5. The van der Waals surface area contributed by atoms with E-state index in [0.717, 1.165) is 36.7 Å². The molecule has 1 aromatic rings. The van der Waals surface area contributed by atoms with Gasteiger partial charge in [-0.05, 0) is 61.4 Å². The molecule has 2 bridgehead atoms. The Morgan fingerprint density at radius 1 is 1.14 bits per heavy atom. The minimum atomic E-state index is -0.557. The van der Waals surface area contributed by atoms with Gasteiger partial charge in [0.05, 0.1) is 0 Å². The quantitative estimate of drug-likeness (QED) is 0.661. The first-order chi connectivity index (χ1) is 13.6. The highest BCUT2D eigenvalue weighted by molar-refractivity contribution is 6.05. The van der Waals surface area contributed by atoms with Crippen LogP contribution >= 0.6 is 0 Å². The molecule has 7 nitrogen and oxygen atoms in total. The highest BCUT2D eigenvalue weighted by atomic mass is 16.2. The number of piperidine rings is 2. The van der Waals surface area contributed by atoms with Crippen molar-refractivity contribution in [3.8, 4) is 0 Å². The third kappa shape index (κ3) is 3.02. The van der Waals surface area contributed by atoms with E-state index in [9.17, 15) is 14.4 Å². The van der Waals surface area contributed by atoms with E-state index in [4.69, 9.17) is 0 Å². The Morgan fingerprint density at radius 3 is 2.86 bits per heavy atom. The van der Waals surface area contributed by atoms with Crippen molar-refractivity contribution in [1.29, 1.82) is 0 Å². The lowest BCUT2D eigenvalue weighted by atomic mass is 9.99. The molecule has 3 N–H and O–H groups in total. The topological polar surface area (TPSA) is 90.5 Å². The van der Waals surface area contributed by atoms with Crippen LogP contribution in [-0.4, -0.2) is 47.8 Å². The number of fused-ring (bicyclic) bond motifs is 3. The lowest BCUT2D eigenvalue weighted by Gasteiger charge is -2.29. The van der Waals surface area contributed by atoms with E-state index in [1.165, 1.54) is 12.8 Å². The number of carbonyl (C=O) groups is 3. The van der Waals surface area contributed by atoms with Crippen molar-refractivity contribution in [3.05, 3.63) is 34.9 Å². The van der Waals surface area contributed by atoms with Gasteiger partial charge in [-0.15, -0.1) is 0 Å². The van der Waals surface area contributed by atoms with Gasteiger partial charge in [-0.3, -0.25) is 19.7 Å². The second kappa shape index (κ2) is 6.97. The molecular formula is C21H26N4O3. The summed E-state index contributed by atoms with van der Waals surface area (Å²) in [6, 6.07) is 5.82. The van der Waals surface area contributed by atoms with Gasteiger partial charge in [-0.25, -0.2) is 0 Å². The number of rotatable bonds is 4. The molecule has 0 radical (unpaired) electrons. The van der Waals surface area contributed by atoms with E-state index in [1.54, 1.807) is 4.90 Å². The van der Waals surface area contributed by atoms with E-state index < -0.39 is 6.04 Å². The molecule has 1 unspecified atom stereocenters. The van der Waals surface area contributed by atoms with Crippen molar-refractivity contribution < 1.29 is 14.4 Å². The summed E-state index contributed by atoms with van der Waals surface area (Å²) in [7, 11) is 0. The lowest BCUT2D eigenvalue weighted by molar-refractivity contribution is -0.136. The van der Waals surface area contributed by atoms with E-state index in [0.29, 0.717) is 30.5 Å². The molecule has 2 saturated heterocycles. The number of nitrogens with one attached hydrogen (secondary N) is 3. The Morgan fingerprint density at radius 2 is 2.04 bits per heavy atom. The summed E-state index contributed by atoms with van der Waals surface area (Å²) in [5.41, 5.74) is 2.84. The van der Waals surface area contributed by atoms with Crippen molar-refractivity contribution in [2.24, 2.45) is 11.8 Å². The molecule has 4 aliphatic rings. The monoisotopic (exact) mass is 382 g/mol. The minimum absolute atomic E-state index is 0.104. The van der Waals surface area contributed by atoms with Crippen LogP contribution in [0.5, 0.6) is 0 Å². The highest BCUT2D eigenvalue weighted by Gasteiger charge is 2.40. The molecule has 3 heterocycles. The van der Waals surface area contributed by atoms with Gasteiger partial charge in [-0.2, -0.15) is 0 Å². The van der Waals surface area contributed by atoms with Crippen LogP contribution in [0.2, 0.25) is 0 Å². The summed E-state index contributed by atoms with van der Waals surface area (Å²) in [5, 5.41) is 9.61. The fourth-order valence-corrected chi connectivity index (χ4v) is 5.41. The van der Waals surface area contributed by atoms with Crippen LogP contribution in [0.1, 0.15) is 47.2 Å². The number of carbonyl (C=O) groups excluding carboxylic acids is 3. The third-order valence-corrected chi connectivity index (χ3v) is 6.87. The highest BCUT2D eigenvalue weighted by Crippen LogP contribution is 2.34. The molecule has 0 aromatic heterocycles. The normalized spacial score (nSPS) is 31.9. The molecule has 1 aromatic carbocycles. The van der Waals surface area contributed by atoms with Gasteiger partial charge in [0.2, 0.25) is 11.8 Å². The molecule has 4 atom stereocenters. The zero-order valence-corrected chi connectivity index (χ0v) is 15.9. The molecule has 3 fully saturated rings. The van der Waals surface area contributed by atoms with Gasteiger partial charge in [-0.1, -0.05) is 12.1 Å². The maximum Gasteiger partial charge on any atom is 0.255 e. The van der Waals surface area contributed by atoms with Crippen molar-refractivity contribution >= 4 is 17.7 Å². The molecule has 1 saturated carbocycles. The van der Waals surface area contributed by atoms with Crippen LogP contribution < -0.4 is 16.0 Å². The van der Waals surface area contributed by atoms with E-state index in [1.807, 2.05) is 12.1 Å². The summed E-state index contributed by atoms with van der Waals surface area (Å²) in [6.07, 6.45) is 3.20. The van der Waals surface area contributed by atoms with Gasteiger partial charge < -0.3 is 15.5 Å². The molecule has 148 valence electrons. The Balaban J connectivity index is 1.31. The Labute approximate surface area is 164 Å². The maximum atomic E-state index is 12.9. The number of benzene rings is 1. The van der Waals surface area contributed by atoms with E-state index in [2.05, 4.69) is 22.0 Å². The number of amides is 3. The first-order valence-electron chi connectivity index (χ1n) is 10.3. The Kier molecular flexibility index (Phi) is 4.44. The summed E-state index contributed by atoms with van der Waals surface area (Å²) in [6.45, 7) is 3.40. The van der Waals surface area contributed by atoms with Crippen LogP contribution in [0.25, 0.3) is 0 Å².